The number of aliphatic hydroxyl groups excluding tert-OH is 1. The van der Waals surface area contributed by atoms with Crippen molar-refractivity contribution < 1.29 is 9.84 Å². The lowest BCUT2D eigenvalue weighted by Gasteiger charge is -2.43. The number of hydrogen-bond acceptors (Lipinski definition) is 3. The van der Waals surface area contributed by atoms with E-state index in [1.54, 1.807) is 0 Å². The number of aliphatic hydroxyl groups is 1. The van der Waals surface area contributed by atoms with Crippen LogP contribution in [0, 0.1) is 5.92 Å². The second-order valence-electron chi connectivity index (χ2n) is 7.08. The highest BCUT2D eigenvalue weighted by Crippen LogP contribution is 2.42. The van der Waals surface area contributed by atoms with Crippen LogP contribution < -0.4 is 0 Å². The maximum Gasteiger partial charge on any atom is 0.0722 e. The number of nitrogens with zero attached hydrogens (tertiary/aromatic N) is 1. The van der Waals surface area contributed by atoms with Crippen LogP contribution in [0.5, 0.6) is 0 Å². The molecule has 4 atom stereocenters. The summed E-state index contributed by atoms with van der Waals surface area (Å²) in [7, 11) is 2.12. The molecule has 2 fully saturated rings. The second-order valence-corrected chi connectivity index (χ2v) is 7.08. The molecule has 3 rings (SSSR count). The molecule has 2 aliphatic rings. The molecule has 116 valence electrons. The monoisotopic (exact) mass is 289 g/mol. The Labute approximate surface area is 127 Å². The van der Waals surface area contributed by atoms with Crippen molar-refractivity contribution in [3.05, 3.63) is 35.9 Å². The van der Waals surface area contributed by atoms with Crippen LogP contribution in [-0.4, -0.2) is 41.4 Å². The Kier molecular flexibility index (Phi) is 4.34. The average Bonchev–Trinajstić information content (AvgIpc) is 2.80. The van der Waals surface area contributed by atoms with Crippen molar-refractivity contribution in [3.63, 3.8) is 0 Å². The fourth-order valence-electron chi connectivity index (χ4n) is 4.11. The van der Waals surface area contributed by atoms with Gasteiger partial charge >= 0.3 is 0 Å². The zero-order valence-corrected chi connectivity index (χ0v) is 13.2. The fraction of sp³-hybridized carbons (Fsp3) is 0.667. The van der Waals surface area contributed by atoms with Crippen molar-refractivity contribution in [2.75, 3.05) is 13.7 Å². The van der Waals surface area contributed by atoms with E-state index in [2.05, 4.69) is 43.1 Å². The zero-order valence-electron chi connectivity index (χ0n) is 13.2. The normalized spacial score (nSPS) is 36.5. The lowest BCUT2D eigenvalue weighted by molar-refractivity contribution is -0.0917. The largest absolute Gasteiger partial charge is 0.391 e. The molecule has 0 radical (unpaired) electrons. The molecule has 1 aromatic rings. The third kappa shape index (κ3) is 3.31. The summed E-state index contributed by atoms with van der Waals surface area (Å²) in [6.45, 7) is 4.00. The van der Waals surface area contributed by atoms with E-state index in [9.17, 15) is 5.11 Å². The van der Waals surface area contributed by atoms with Gasteiger partial charge in [0.1, 0.15) is 0 Å². The van der Waals surface area contributed by atoms with Gasteiger partial charge in [0.25, 0.3) is 0 Å². The molecule has 1 aliphatic carbocycles. The van der Waals surface area contributed by atoms with Gasteiger partial charge < -0.3 is 9.84 Å². The summed E-state index contributed by atoms with van der Waals surface area (Å²) in [5.41, 5.74) is 1.27. The number of benzene rings is 1. The number of likely N-dealkylation sites (N-methyl/N-ethyl adjacent to an activating group) is 1. The van der Waals surface area contributed by atoms with Gasteiger partial charge in [-0.05, 0) is 37.8 Å². The van der Waals surface area contributed by atoms with Crippen LogP contribution in [0.25, 0.3) is 0 Å². The topological polar surface area (TPSA) is 32.7 Å². The van der Waals surface area contributed by atoms with Crippen LogP contribution in [0.15, 0.2) is 30.3 Å². The summed E-state index contributed by atoms with van der Waals surface area (Å²) in [4.78, 5) is 2.30. The van der Waals surface area contributed by atoms with Crippen molar-refractivity contribution in [1.29, 1.82) is 0 Å². The molecule has 1 spiro atoms. The maximum atomic E-state index is 10.6. The van der Waals surface area contributed by atoms with Gasteiger partial charge in [-0.3, -0.25) is 4.90 Å². The van der Waals surface area contributed by atoms with Gasteiger partial charge in [-0.2, -0.15) is 0 Å². The lowest BCUT2D eigenvalue weighted by Crippen LogP contribution is -2.50. The molecule has 1 saturated carbocycles. The first-order valence-electron chi connectivity index (χ1n) is 8.14. The Balaban J connectivity index is 1.60. The van der Waals surface area contributed by atoms with Crippen LogP contribution in [-0.2, 0) is 11.3 Å². The molecule has 0 amide bonds. The third-order valence-corrected chi connectivity index (χ3v) is 5.16. The molecule has 0 bridgehead atoms. The molecular weight excluding hydrogens is 262 g/mol. The molecule has 1 N–H and O–H groups in total. The first-order valence-corrected chi connectivity index (χ1v) is 8.14. The van der Waals surface area contributed by atoms with Gasteiger partial charge in [-0.25, -0.2) is 0 Å². The van der Waals surface area contributed by atoms with Crippen molar-refractivity contribution in [2.24, 2.45) is 5.92 Å². The van der Waals surface area contributed by atoms with E-state index < -0.39 is 0 Å². The van der Waals surface area contributed by atoms with E-state index in [0.717, 1.165) is 38.8 Å². The Bertz CT molecular complexity index is 464. The Morgan fingerprint density at radius 1 is 1.29 bits per heavy atom. The average molecular weight is 289 g/mol. The second kappa shape index (κ2) is 6.07. The highest BCUT2D eigenvalue weighted by molar-refractivity contribution is 5.14. The molecule has 1 aromatic carbocycles. The Morgan fingerprint density at radius 3 is 2.67 bits per heavy atom. The molecule has 1 heterocycles. The minimum atomic E-state index is -0.280. The predicted octanol–water partition coefficient (Wildman–Crippen LogP) is 2.83. The van der Waals surface area contributed by atoms with Gasteiger partial charge in [-0.15, -0.1) is 0 Å². The van der Waals surface area contributed by atoms with Crippen LogP contribution >= 0.6 is 0 Å². The van der Waals surface area contributed by atoms with Gasteiger partial charge in [0.05, 0.1) is 11.7 Å². The van der Waals surface area contributed by atoms with E-state index in [1.807, 2.05) is 6.07 Å². The molecule has 3 nitrogen and oxygen atoms in total. The molecule has 0 aromatic heterocycles. The minimum Gasteiger partial charge on any atom is -0.391 e. The molecular formula is C18H27NO2. The molecule has 21 heavy (non-hydrogen) atoms. The van der Waals surface area contributed by atoms with Crippen molar-refractivity contribution in [3.8, 4) is 0 Å². The Morgan fingerprint density at radius 2 is 2.05 bits per heavy atom. The Hall–Kier alpha value is -0.900. The fourth-order valence-corrected chi connectivity index (χ4v) is 4.11. The van der Waals surface area contributed by atoms with Crippen LogP contribution in [0.4, 0.5) is 0 Å². The van der Waals surface area contributed by atoms with Gasteiger partial charge in [-0.1, -0.05) is 37.3 Å². The number of rotatable bonds is 3. The summed E-state index contributed by atoms with van der Waals surface area (Å²) in [5.74, 6) is 0.635. The molecule has 1 aliphatic heterocycles. The quantitative estimate of drug-likeness (QED) is 0.929. The van der Waals surface area contributed by atoms with Crippen LogP contribution in [0.1, 0.15) is 38.2 Å². The van der Waals surface area contributed by atoms with E-state index >= 15 is 0 Å². The first-order chi connectivity index (χ1) is 10.1. The van der Waals surface area contributed by atoms with Crippen molar-refractivity contribution in [1.82, 2.24) is 4.90 Å². The highest BCUT2D eigenvalue weighted by Gasteiger charge is 2.46. The molecule has 3 heteroatoms. The summed E-state index contributed by atoms with van der Waals surface area (Å²) in [6, 6.07) is 10.7. The third-order valence-electron chi connectivity index (χ3n) is 5.16. The van der Waals surface area contributed by atoms with E-state index in [-0.39, 0.29) is 17.7 Å². The van der Waals surface area contributed by atoms with E-state index in [1.165, 1.54) is 5.56 Å². The van der Waals surface area contributed by atoms with Crippen LogP contribution in [0.2, 0.25) is 0 Å². The van der Waals surface area contributed by atoms with Crippen molar-refractivity contribution in [2.45, 2.75) is 56.9 Å². The van der Waals surface area contributed by atoms with Gasteiger partial charge in [0.2, 0.25) is 0 Å². The molecule has 1 saturated heterocycles. The van der Waals surface area contributed by atoms with Gasteiger partial charge in [0, 0.05) is 25.6 Å². The summed E-state index contributed by atoms with van der Waals surface area (Å²) < 4.78 is 6.03. The first kappa shape index (κ1) is 15.0. The summed E-state index contributed by atoms with van der Waals surface area (Å²) >= 11 is 0. The smallest absolute Gasteiger partial charge is 0.0722 e. The van der Waals surface area contributed by atoms with Crippen LogP contribution in [0.3, 0.4) is 0 Å². The minimum absolute atomic E-state index is 0.0388. The number of hydrogen-bond donors (Lipinski definition) is 1. The summed E-state index contributed by atoms with van der Waals surface area (Å²) in [5, 5.41) is 10.6. The SMILES string of the molecule is CC1COC2(CCC(N(C)Cc3ccccc3)C(O)C2)C1. The molecule has 4 unspecified atom stereocenters. The predicted molar refractivity (Wildman–Crippen MR) is 84.0 cm³/mol. The van der Waals surface area contributed by atoms with Gasteiger partial charge in [0.15, 0.2) is 0 Å². The van der Waals surface area contributed by atoms with E-state index in [4.69, 9.17) is 4.74 Å². The maximum absolute atomic E-state index is 10.6. The lowest BCUT2D eigenvalue weighted by atomic mass is 9.77. The number of ether oxygens (including phenoxy) is 1. The van der Waals surface area contributed by atoms with Crippen molar-refractivity contribution >= 4 is 0 Å². The standard InChI is InChI=1S/C18H27NO2/c1-14-10-18(21-13-14)9-8-16(17(20)11-18)19(2)12-15-6-4-3-5-7-15/h3-7,14,16-17,20H,8-13H2,1-2H3. The van der Waals surface area contributed by atoms with E-state index in [0.29, 0.717) is 5.92 Å². The zero-order chi connectivity index (χ0) is 14.9. The summed E-state index contributed by atoms with van der Waals surface area (Å²) in [6.07, 6.45) is 3.73. The highest BCUT2D eigenvalue weighted by atomic mass is 16.5.